The quantitative estimate of drug-likeness (QED) is 0.484. The van der Waals surface area contributed by atoms with Crippen molar-refractivity contribution in [1.82, 2.24) is 5.32 Å². The van der Waals surface area contributed by atoms with E-state index in [1.54, 1.807) is 0 Å². The van der Waals surface area contributed by atoms with E-state index in [1.807, 2.05) is 30.3 Å². The molecule has 0 saturated carbocycles. The van der Waals surface area contributed by atoms with Crippen LogP contribution in [0.5, 0.6) is 0 Å². The number of aryl methyl sites for hydroxylation is 1. The van der Waals surface area contributed by atoms with Crippen LogP contribution in [-0.4, -0.2) is 57.4 Å². The van der Waals surface area contributed by atoms with E-state index in [-0.39, 0.29) is 13.2 Å². The average molecular weight is 267 g/mol. The van der Waals surface area contributed by atoms with Crippen LogP contribution in [0, 0.1) is 0 Å². The Bertz CT molecular complexity index is 400. The topological polar surface area (TPSA) is 93.0 Å². The van der Waals surface area contributed by atoms with Crippen molar-refractivity contribution in [2.75, 3.05) is 13.2 Å². The Morgan fingerprint density at radius 2 is 1.84 bits per heavy atom. The van der Waals surface area contributed by atoms with Gasteiger partial charge in [-0.2, -0.15) is 0 Å². The monoisotopic (exact) mass is 267 g/mol. The fourth-order valence-electron chi connectivity index (χ4n) is 2.55. The summed E-state index contributed by atoms with van der Waals surface area (Å²) in [5, 5.41) is 41.9. The molecule has 1 aromatic rings. The van der Waals surface area contributed by atoms with Crippen molar-refractivity contribution in [2.45, 2.75) is 36.7 Å². The van der Waals surface area contributed by atoms with Crippen molar-refractivity contribution >= 4 is 0 Å². The van der Waals surface area contributed by atoms with Crippen molar-refractivity contribution in [2.24, 2.45) is 0 Å². The maximum atomic E-state index is 10.1. The number of nitrogens with one attached hydrogen (secondary N) is 1. The highest BCUT2D eigenvalue weighted by Crippen LogP contribution is 2.25. The summed E-state index contributed by atoms with van der Waals surface area (Å²) in [6.45, 7) is -0.127. The van der Waals surface area contributed by atoms with Gasteiger partial charge in [-0.25, -0.2) is 0 Å². The molecule has 19 heavy (non-hydrogen) atoms. The molecule has 0 radical (unpaired) electrons. The number of aliphatic hydroxyl groups excluding tert-OH is 4. The van der Waals surface area contributed by atoms with E-state index in [0.717, 1.165) is 5.56 Å². The van der Waals surface area contributed by atoms with Crippen molar-refractivity contribution in [3.63, 3.8) is 0 Å². The number of β-amino-alcohol motifs (C(OH)–C–C–N with tert-alkyl or cyclic N) is 1. The first-order valence-corrected chi connectivity index (χ1v) is 6.53. The lowest BCUT2D eigenvalue weighted by molar-refractivity contribution is -0.135. The normalized spacial score (nSPS) is 35.3. The maximum Gasteiger partial charge on any atom is 0.109 e. The first-order chi connectivity index (χ1) is 9.09. The summed E-state index contributed by atoms with van der Waals surface area (Å²) >= 11 is 0. The van der Waals surface area contributed by atoms with Crippen LogP contribution >= 0.6 is 0 Å². The Morgan fingerprint density at radius 3 is 2.47 bits per heavy atom. The van der Waals surface area contributed by atoms with Crippen LogP contribution in [0.4, 0.5) is 0 Å². The molecule has 1 fully saturated rings. The Kier molecular flexibility index (Phi) is 4.54. The van der Waals surface area contributed by atoms with E-state index < -0.39 is 23.9 Å². The van der Waals surface area contributed by atoms with Gasteiger partial charge in [-0.3, -0.25) is 0 Å². The largest absolute Gasteiger partial charge is 0.394 e. The molecule has 1 aromatic carbocycles. The summed E-state index contributed by atoms with van der Waals surface area (Å²) in [5.74, 6) is 0. The molecule has 4 atom stereocenters. The number of aliphatic hydroxyl groups is 4. The molecular formula is C14H21NO4. The zero-order valence-electron chi connectivity index (χ0n) is 10.7. The molecule has 0 aromatic heterocycles. The molecular weight excluding hydrogens is 246 g/mol. The van der Waals surface area contributed by atoms with Crippen LogP contribution < -0.4 is 5.32 Å². The van der Waals surface area contributed by atoms with E-state index in [1.165, 1.54) is 0 Å². The van der Waals surface area contributed by atoms with Gasteiger partial charge in [-0.05, 0) is 18.4 Å². The Labute approximate surface area is 112 Å². The number of benzene rings is 1. The van der Waals surface area contributed by atoms with Gasteiger partial charge in [0.25, 0.3) is 0 Å². The van der Waals surface area contributed by atoms with Crippen LogP contribution in [0.3, 0.4) is 0 Å². The van der Waals surface area contributed by atoms with Crippen molar-refractivity contribution < 1.29 is 20.4 Å². The predicted molar refractivity (Wildman–Crippen MR) is 70.6 cm³/mol. The van der Waals surface area contributed by atoms with E-state index in [0.29, 0.717) is 12.8 Å². The predicted octanol–water partition coefficient (Wildman–Crippen LogP) is -0.964. The summed E-state index contributed by atoms with van der Waals surface area (Å²) in [6, 6.07) is 9.75. The molecule has 106 valence electrons. The minimum absolute atomic E-state index is 0.160. The molecule has 1 aliphatic rings. The SMILES string of the molecule is OC[C@@]1(CCc2ccccc2)NC[C@H](O)[C@@H](O)[C@@H]1O. The van der Waals surface area contributed by atoms with Crippen molar-refractivity contribution in [3.05, 3.63) is 35.9 Å². The summed E-state index contributed by atoms with van der Waals surface area (Å²) in [7, 11) is 0. The molecule has 5 N–H and O–H groups in total. The van der Waals surface area contributed by atoms with Gasteiger partial charge in [0, 0.05) is 6.54 Å². The van der Waals surface area contributed by atoms with Gasteiger partial charge in [0.15, 0.2) is 0 Å². The zero-order valence-corrected chi connectivity index (χ0v) is 10.7. The standard InChI is InChI=1S/C14H21NO4/c16-9-14(7-6-10-4-2-1-3-5-10)13(19)12(18)11(17)8-15-14/h1-5,11-13,15-19H,6-9H2/t11-,12+,13-,14+/m0/s1. The van der Waals surface area contributed by atoms with E-state index in [4.69, 9.17) is 0 Å². The fraction of sp³-hybridized carbons (Fsp3) is 0.571. The lowest BCUT2D eigenvalue weighted by atomic mass is 9.79. The van der Waals surface area contributed by atoms with Gasteiger partial charge >= 0.3 is 0 Å². The first-order valence-electron chi connectivity index (χ1n) is 6.53. The lowest BCUT2D eigenvalue weighted by Crippen LogP contribution is -2.69. The number of hydrogen-bond acceptors (Lipinski definition) is 5. The van der Waals surface area contributed by atoms with Crippen molar-refractivity contribution in [1.29, 1.82) is 0 Å². The van der Waals surface area contributed by atoms with Gasteiger partial charge in [0.2, 0.25) is 0 Å². The third kappa shape index (κ3) is 2.96. The van der Waals surface area contributed by atoms with Gasteiger partial charge in [-0.1, -0.05) is 30.3 Å². The van der Waals surface area contributed by atoms with Crippen LogP contribution in [0.25, 0.3) is 0 Å². The summed E-state index contributed by atoms with van der Waals surface area (Å²) in [5.41, 5.74) is 0.138. The number of rotatable bonds is 4. The molecule has 0 bridgehead atoms. The summed E-state index contributed by atoms with van der Waals surface area (Å²) in [4.78, 5) is 0. The molecule has 1 saturated heterocycles. The highest BCUT2D eigenvalue weighted by Gasteiger charge is 2.47. The minimum atomic E-state index is -1.23. The van der Waals surface area contributed by atoms with Gasteiger partial charge in [0.1, 0.15) is 12.2 Å². The molecule has 1 aliphatic heterocycles. The van der Waals surface area contributed by atoms with Crippen molar-refractivity contribution in [3.8, 4) is 0 Å². The number of piperidine rings is 1. The molecule has 2 rings (SSSR count). The molecule has 1 heterocycles. The molecule has 0 unspecified atom stereocenters. The second kappa shape index (κ2) is 5.98. The summed E-state index contributed by atoms with van der Waals surface area (Å²) < 4.78 is 0. The third-order valence-electron chi connectivity index (χ3n) is 3.93. The Hall–Kier alpha value is -0.980. The lowest BCUT2D eigenvalue weighted by Gasteiger charge is -2.45. The van der Waals surface area contributed by atoms with E-state index in [2.05, 4.69) is 5.32 Å². The van der Waals surface area contributed by atoms with Gasteiger partial charge < -0.3 is 25.7 Å². The van der Waals surface area contributed by atoms with Crippen LogP contribution in [0.2, 0.25) is 0 Å². The molecule has 5 heteroatoms. The maximum absolute atomic E-state index is 10.1. The zero-order chi connectivity index (χ0) is 13.9. The smallest absolute Gasteiger partial charge is 0.109 e. The minimum Gasteiger partial charge on any atom is -0.394 e. The van der Waals surface area contributed by atoms with E-state index in [9.17, 15) is 20.4 Å². The Balaban J connectivity index is 2.06. The summed E-state index contributed by atoms with van der Waals surface area (Å²) in [6.07, 6.45) is -2.27. The Morgan fingerprint density at radius 1 is 1.16 bits per heavy atom. The average Bonchev–Trinajstić information content (AvgIpc) is 2.46. The van der Waals surface area contributed by atoms with Crippen LogP contribution in [0.15, 0.2) is 30.3 Å². The second-order valence-corrected chi connectivity index (χ2v) is 5.18. The molecule has 5 nitrogen and oxygen atoms in total. The first kappa shape index (κ1) is 14.4. The van der Waals surface area contributed by atoms with Gasteiger partial charge in [-0.15, -0.1) is 0 Å². The molecule has 0 spiro atoms. The van der Waals surface area contributed by atoms with Crippen LogP contribution in [-0.2, 0) is 6.42 Å². The van der Waals surface area contributed by atoms with Gasteiger partial charge in [0.05, 0.1) is 18.2 Å². The van der Waals surface area contributed by atoms with Crippen LogP contribution in [0.1, 0.15) is 12.0 Å². The second-order valence-electron chi connectivity index (χ2n) is 5.18. The highest BCUT2D eigenvalue weighted by atomic mass is 16.4. The molecule has 0 amide bonds. The number of hydrogen-bond donors (Lipinski definition) is 5. The molecule has 0 aliphatic carbocycles. The highest BCUT2D eigenvalue weighted by molar-refractivity contribution is 5.16. The van der Waals surface area contributed by atoms with E-state index >= 15 is 0 Å². The fourth-order valence-corrected chi connectivity index (χ4v) is 2.55. The third-order valence-corrected chi connectivity index (χ3v) is 3.93.